The maximum Gasteiger partial charge on any atom is 0.219 e. The molecule has 1 aliphatic heterocycles. The molecule has 1 atom stereocenters. The summed E-state index contributed by atoms with van der Waals surface area (Å²) in [5, 5.41) is 3.24. The second-order valence-corrected chi connectivity index (χ2v) is 6.78. The van der Waals surface area contributed by atoms with Crippen LogP contribution >= 0.6 is 11.3 Å². The number of carbonyl (C=O) groups is 1. The average Bonchev–Trinajstić information content (AvgIpc) is 2.93. The number of nitrogens with zero attached hydrogens (tertiary/aromatic N) is 3. The molecule has 1 aromatic carbocycles. The molecule has 1 aromatic heterocycles. The largest absolute Gasteiger partial charge is 0.340 e. The van der Waals surface area contributed by atoms with Crippen molar-refractivity contribution in [2.75, 3.05) is 19.6 Å². The van der Waals surface area contributed by atoms with Crippen molar-refractivity contribution in [2.24, 2.45) is 0 Å². The van der Waals surface area contributed by atoms with Crippen LogP contribution in [0.1, 0.15) is 29.2 Å². The van der Waals surface area contributed by atoms with Gasteiger partial charge >= 0.3 is 0 Å². The number of hydrogen-bond donors (Lipinski definition) is 0. The molecule has 5 heteroatoms. The standard InChI is InChI=1S/C17H21N3OS/c1-13-18-16(12-22-13)10-20-9-8-19(14(2)21)11-17(20)15-6-4-3-5-7-15/h3-7,12,17H,8-11H2,1-2H3/t17-/m1/s1. The van der Waals surface area contributed by atoms with Crippen LogP contribution in [0.15, 0.2) is 35.7 Å². The van der Waals surface area contributed by atoms with Crippen LogP contribution in [0.3, 0.4) is 0 Å². The SMILES string of the molecule is CC(=O)N1CCN(Cc2csc(C)n2)[C@@H](c2ccccc2)C1. The van der Waals surface area contributed by atoms with E-state index < -0.39 is 0 Å². The number of aromatic nitrogens is 1. The third-order valence-corrected chi connectivity index (χ3v) is 4.97. The molecule has 0 N–H and O–H groups in total. The Morgan fingerprint density at radius 2 is 2.09 bits per heavy atom. The second kappa shape index (κ2) is 6.58. The van der Waals surface area contributed by atoms with Crippen LogP contribution in [-0.2, 0) is 11.3 Å². The van der Waals surface area contributed by atoms with E-state index in [0.29, 0.717) is 0 Å². The van der Waals surface area contributed by atoms with Gasteiger partial charge in [0.05, 0.1) is 16.7 Å². The summed E-state index contributed by atoms with van der Waals surface area (Å²) < 4.78 is 0. The van der Waals surface area contributed by atoms with Gasteiger partial charge in [0.15, 0.2) is 0 Å². The van der Waals surface area contributed by atoms with Crippen LogP contribution in [0.25, 0.3) is 0 Å². The first-order chi connectivity index (χ1) is 10.6. The van der Waals surface area contributed by atoms with Gasteiger partial charge in [-0.15, -0.1) is 11.3 Å². The smallest absolute Gasteiger partial charge is 0.219 e. The topological polar surface area (TPSA) is 36.4 Å². The summed E-state index contributed by atoms with van der Waals surface area (Å²) in [6.45, 7) is 6.97. The summed E-state index contributed by atoms with van der Waals surface area (Å²) in [7, 11) is 0. The minimum absolute atomic E-state index is 0.157. The first-order valence-electron chi connectivity index (χ1n) is 7.59. The lowest BCUT2D eigenvalue weighted by molar-refractivity contribution is -0.132. The summed E-state index contributed by atoms with van der Waals surface area (Å²) in [6, 6.07) is 10.7. The molecule has 3 rings (SSSR count). The third kappa shape index (κ3) is 3.36. The highest BCUT2D eigenvalue weighted by Gasteiger charge is 2.29. The Kier molecular flexibility index (Phi) is 4.55. The monoisotopic (exact) mass is 315 g/mol. The number of piperazine rings is 1. The molecule has 1 aliphatic rings. The minimum atomic E-state index is 0.157. The fourth-order valence-electron chi connectivity index (χ4n) is 2.98. The highest BCUT2D eigenvalue weighted by Crippen LogP contribution is 2.27. The van der Waals surface area contributed by atoms with E-state index in [1.807, 2.05) is 17.9 Å². The Labute approximate surface area is 135 Å². The molecular formula is C17H21N3OS. The number of aryl methyl sites for hydroxylation is 1. The van der Waals surface area contributed by atoms with E-state index in [2.05, 4.69) is 39.5 Å². The van der Waals surface area contributed by atoms with E-state index in [-0.39, 0.29) is 11.9 Å². The van der Waals surface area contributed by atoms with Crippen molar-refractivity contribution < 1.29 is 4.79 Å². The van der Waals surface area contributed by atoms with E-state index in [0.717, 1.165) is 36.9 Å². The zero-order chi connectivity index (χ0) is 15.5. The van der Waals surface area contributed by atoms with Crippen LogP contribution in [-0.4, -0.2) is 40.3 Å². The number of thiazole rings is 1. The van der Waals surface area contributed by atoms with Gasteiger partial charge in [-0.2, -0.15) is 0 Å². The molecule has 116 valence electrons. The quantitative estimate of drug-likeness (QED) is 0.874. The van der Waals surface area contributed by atoms with E-state index in [1.165, 1.54) is 5.56 Å². The van der Waals surface area contributed by atoms with E-state index >= 15 is 0 Å². The van der Waals surface area contributed by atoms with Crippen LogP contribution < -0.4 is 0 Å². The molecule has 0 spiro atoms. The van der Waals surface area contributed by atoms with Gasteiger partial charge in [0.25, 0.3) is 0 Å². The second-order valence-electron chi connectivity index (χ2n) is 5.72. The highest BCUT2D eigenvalue weighted by atomic mass is 32.1. The molecule has 4 nitrogen and oxygen atoms in total. The number of amides is 1. The van der Waals surface area contributed by atoms with Crippen molar-refractivity contribution in [2.45, 2.75) is 26.4 Å². The highest BCUT2D eigenvalue weighted by molar-refractivity contribution is 7.09. The van der Waals surface area contributed by atoms with Gasteiger partial charge in [0, 0.05) is 38.5 Å². The minimum Gasteiger partial charge on any atom is -0.340 e. The first kappa shape index (κ1) is 15.2. The van der Waals surface area contributed by atoms with E-state index in [1.54, 1.807) is 18.3 Å². The maximum atomic E-state index is 11.7. The van der Waals surface area contributed by atoms with Crippen LogP contribution in [0.2, 0.25) is 0 Å². The molecule has 2 heterocycles. The molecule has 0 aliphatic carbocycles. The van der Waals surface area contributed by atoms with Crippen molar-refractivity contribution in [1.29, 1.82) is 0 Å². The molecule has 0 bridgehead atoms. The summed E-state index contributed by atoms with van der Waals surface area (Å²) in [5.74, 6) is 0.157. The summed E-state index contributed by atoms with van der Waals surface area (Å²) in [4.78, 5) is 20.7. The van der Waals surface area contributed by atoms with Gasteiger partial charge in [0.1, 0.15) is 0 Å². The Morgan fingerprint density at radius 1 is 1.32 bits per heavy atom. The molecule has 0 unspecified atom stereocenters. The molecule has 0 radical (unpaired) electrons. The Hall–Kier alpha value is -1.72. The van der Waals surface area contributed by atoms with E-state index in [4.69, 9.17) is 0 Å². The lowest BCUT2D eigenvalue weighted by Gasteiger charge is -2.41. The molecule has 0 saturated carbocycles. The average molecular weight is 315 g/mol. The van der Waals surface area contributed by atoms with Gasteiger partial charge in [-0.25, -0.2) is 4.98 Å². The van der Waals surface area contributed by atoms with Crippen molar-refractivity contribution >= 4 is 17.2 Å². The zero-order valence-electron chi connectivity index (χ0n) is 13.0. The number of carbonyl (C=O) groups excluding carboxylic acids is 1. The molecule has 1 amide bonds. The third-order valence-electron chi connectivity index (χ3n) is 4.15. The summed E-state index contributed by atoms with van der Waals surface area (Å²) in [6.07, 6.45) is 0. The fraction of sp³-hybridized carbons (Fsp3) is 0.412. The zero-order valence-corrected chi connectivity index (χ0v) is 13.8. The van der Waals surface area contributed by atoms with Gasteiger partial charge in [-0.3, -0.25) is 9.69 Å². The Bertz CT molecular complexity index is 640. The van der Waals surface area contributed by atoms with Gasteiger partial charge < -0.3 is 4.90 Å². The normalized spacial score (nSPS) is 19.4. The predicted molar refractivity (Wildman–Crippen MR) is 88.7 cm³/mol. The van der Waals surface area contributed by atoms with Gasteiger partial charge in [-0.05, 0) is 12.5 Å². The number of hydrogen-bond acceptors (Lipinski definition) is 4. The first-order valence-corrected chi connectivity index (χ1v) is 8.47. The predicted octanol–water partition coefficient (Wildman–Crippen LogP) is 2.86. The van der Waals surface area contributed by atoms with Gasteiger partial charge in [0.2, 0.25) is 5.91 Å². The Balaban J connectivity index is 1.82. The maximum absolute atomic E-state index is 11.7. The molecule has 1 fully saturated rings. The molecule has 22 heavy (non-hydrogen) atoms. The Morgan fingerprint density at radius 3 is 2.73 bits per heavy atom. The number of benzene rings is 1. The van der Waals surface area contributed by atoms with Crippen LogP contribution in [0.5, 0.6) is 0 Å². The summed E-state index contributed by atoms with van der Waals surface area (Å²) in [5.41, 5.74) is 2.39. The van der Waals surface area contributed by atoms with Crippen LogP contribution in [0, 0.1) is 6.92 Å². The number of rotatable bonds is 3. The van der Waals surface area contributed by atoms with Crippen molar-refractivity contribution in [3.05, 3.63) is 52.0 Å². The van der Waals surface area contributed by atoms with Crippen molar-refractivity contribution in [3.63, 3.8) is 0 Å². The fourth-order valence-corrected chi connectivity index (χ4v) is 3.58. The summed E-state index contributed by atoms with van der Waals surface area (Å²) >= 11 is 1.69. The van der Waals surface area contributed by atoms with E-state index in [9.17, 15) is 4.79 Å². The molecule has 2 aromatic rings. The van der Waals surface area contributed by atoms with Crippen molar-refractivity contribution in [3.8, 4) is 0 Å². The van der Waals surface area contributed by atoms with Crippen molar-refractivity contribution in [1.82, 2.24) is 14.8 Å². The lowest BCUT2D eigenvalue weighted by atomic mass is 10.0. The molecule has 1 saturated heterocycles. The molecular weight excluding hydrogens is 294 g/mol. The van der Waals surface area contributed by atoms with Crippen LogP contribution in [0.4, 0.5) is 0 Å². The lowest BCUT2D eigenvalue weighted by Crippen LogP contribution is -2.49. The van der Waals surface area contributed by atoms with Gasteiger partial charge in [-0.1, -0.05) is 30.3 Å².